The van der Waals surface area contributed by atoms with Crippen molar-refractivity contribution in [2.75, 3.05) is 6.67 Å². The minimum absolute atomic E-state index is 1.00. The first kappa shape index (κ1) is 6.36. The van der Waals surface area contributed by atoms with Crippen molar-refractivity contribution < 1.29 is 14.3 Å². The minimum Gasteiger partial charge on any atom is -0.480 e. The van der Waals surface area contributed by atoms with Gasteiger partial charge in [0.25, 0.3) is 0 Å². The molecule has 0 bridgehead atoms. The van der Waals surface area contributed by atoms with Crippen molar-refractivity contribution in [3.63, 3.8) is 0 Å². The number of carboxylic acids is 1. The molecule has 0 aromatic heterocycles. The molecule has 0 radical (unpaired) electrons. The predicted molar refractivity (Wildman–Crippen MR) is 21.6 cm³/mol. The molecule has 0 rings (SSSR count). The maximum atomic E-state index is 11.1. The lowest BCUT2D eigenvalue weighted by atomic mass is 10.4. The van der Waals surface area contributed by atoms with E-state index in [2.05, 4.69) is 5.73 Å². The lowest BCUT2D eigenvalue weighted by molar-refractivity contribution is -0.138. The number of rotatable bonds is 2. The fourth-order valence-electron chi connectivity index (χ4n) is 0.0660. The molecule has 0 saturated carbocycles. The smallest absolute Gasteiger partial charge is 0.323 e. The maximum Gasteiger partial charge on any atom is 0.323 e. The summed E-state index contributed by atoms with van der Waals surface area (Å²) in [5.74, 6) is -1.30. The number of alkyl halides is 1. The molecular formula is C3H6FNO2. The van der Waals surface area contributed by atoms with E-state index in [-0.39, 0.29) is 0 Å². The zero-order valence-corrected chi connectivity index (χ0v) is 3.60. The molecule has 0 spiro atoms. The van der Waals surface area contributed by atoms with Gasteiger partial charge in [0.2, 0.25) is 0 Å². The first-order valence-corrected chi connectivity index (χ1v) is 1.73. The summed E-state index contributed by atoms with van der Waals surface area (Å²) in [5.41, 5.74) is 4.64. The molecule has 0 heterocycles. The van der Waals surface area contributed by atoms with Gasteiger partial charge in [-0.15, -0.1) is 0 Å². The highest BCUT2D eigenvalue weighted by molar-refractivity contribution is 5.73. The number of aliphatic carboxylic acids is 1. The van der Waals surface area contributed by atoms with Crippen molar-refractivity contribution in [1.29, 1.82) is 0 Å². The molecule has 0 aliphatic rings. The Morgan fingerprint density at radius 2 is 2.43 bits per heavy atom. The van der Waals surface area contributed by atoms with Crippen LogP contribution in [0.4, 0.5) is 4.39 Å². The second-order valence-corrected chi connectivity index (χ2v) is 1.10. The van der Waals surface area contributed by atoms with E-state index in [0.29, 0.717) is 0 Å². The van der Waals surface area contributed by atoms with Gasteiger partial charge in [-0.05, 0) is 0 Å². The SMILES string of the molecule is N[C@@H](CF)C(=O)O. The van der Waals surface area contributed by atoms with Gasteiger partial charge in [-0.2, -0.15) is 0 Å². The minimum atomic E-state index is -1.35. The Morgan fingerprint density at radius 3 is 2.43 bits per heavy atom. The molecule has 1 atom stereocenters. The van der Waals surface area contributed by atoms with E-state index in [1.807, 2.05) is 0 Å². The summed E-state index contributed by atoms with van der Waals surface area (Å²) in [6, 6.07) is -1.35. The number of carbonyl (C=O) groups is 1. The van der Waals surface area contributed by atoms with Crippen LogP contribution in [0.25, 0.3) is 0 Å². The Bertz CT molecular complexity index is 75.3. The number of carboxylic acid groups (broad SMARTS) is 1. The number of hydrogen-bond donors (Lipinski definition) is 2. The summed E-state index contributed by atoms with van der Waals surface area (Å²) in [6.07, 6.45) is 0. The molecule has 3 N–H and O–H groups in total. The molecule has 0 aromatic rings. The third-order valence-corrected chi connectivity index (χ3v) is 0.483. The van der Waals surface area contributed by atoms with Crippen LogP contribution in [0, 0.1) is 0 Å². The Labute approximate surface area is 39.9 Å². The van der Waals surface area contributed by atoms with E-state index in [0.717, 1.165) is 0 Å². The predicted octanol–water partition coefficient (Wildman–Crippen LogP) is -0.632. The topological polar surface area (TPSA) is 63.3 Å². The van der Waals surface area contributed by atoms with E-state index >= 15 is 0 Å². The van der Waals surface area contributed by atoms with E-state index in [1.54, 1.807) is 0 Å². The Balaban J connectivity index is 3.34. The highest BCUT2D eigenvalue weighted by Gasteiger charge is 2.08. The third kappa shape index (κ3) is 2.11. The molecule has 0 amide bonds. The molecule has 0 fully saturated rings. The second-order valence-electron chi connectivity index (χ2n) is 1.10. The molecule has 0 aliphatic heterocycles. The lowest BCUT2D eigenvalue weighted by Gasteiger charge is -1.94. The van der Waals surface area contributed by atoms with Crippen LogP contribution in [-0.4, -0.2) is 23.8 Å². The molecule has 0 unspecified atom stereocenters. The van der Waals surface area contributed by atoms with Crippen molar-refractivity contribution >= 4 is 5.97 Å². The summed E-state index contributed by atoms with van der Waals surface area (Å²) in [4.78, 5) is 9.57. The molecule has 3 nitrogen and oxygen atoms in total. The Morgan fingerprint density at radius 1 is 2.00 bits per heavy atom. The van der Waals surface area contributed by atoms with Gasteiger partial charge in [0.15, 0.2) is 0 Å². The zero-order valence-electron chi connectivity index (χ0n) is 3.60. The van der Waals surface area contributed by atoms with Crippen LogP contribution in [0.15, 0.2) is 0 Å². The maximum absolute atomic E-state index is 11.1. The molecular weight excluding hydrogens is 101 g/mol. The molecule has 0 aromatic carbocycles. The quantitative estimate of drug-likeness (QED) is 0.493. The normalized spacial score (nSPS) is 13.4. The lowest BCUT2D eigenvalue weighted by Crippen LogP contribution is -2.31. The Kier molecular flexibility index (Phi) is 2.29. The summed E-state index contributed by atoms with van der Waals surface area (Å²) >= 11 is 0. The number of halogens is 1. The highest BCUT2D eigenvalue weighted by Crippen LogP contribution is 1.76. The van der Waals surface area contributed by atoms with Crippen LogP contribution in [0.2, 0.25) is 0 Å². The van der Waals surface area contributed by atoms with E-state index < -0.39 is 18.7 Å². The standard InChI is InChI=1S/C3H6FNO2/c4-1-2(5)3(6)7/h2H,1,5H2,(H,6,7)/t2-/m0/s1. The summed E-state index contributed by atoms with van der Waals surface area (Å²) in [5, 5.41) is 7.82. The van der Waals surface area contributed by atoms with Crippen molar-refractivity contribution in [1.82, 2.24) is 0 Å². The largest absolute Gasteiger partial charge is 0.480 e. The second kappa shape index (κ2) is 2.52. The van der Waals surface area contributed by atoms with Crippen LogP contribution in [0.3, 0.4) is 0 Å². The van der Waals surface area contributed by atoms with Gasteiger partial charge >= 0.3 is 5.97 Å². The van der Waals surface area contributed by atoms with Crippen LogP contribution in [0.5, 0.6) is 0 Å². The van der Waals surface area contributed by atoms with E-state index in [1.165, 1.54) is 0 Å². The van der Waals surface area contributed by atoms with Crippen molar-refractivity contribution in [3.05, 3.63) is 0 Å². The summed E-state index contributed by atoms with van der Waals surface area (Å²) in [6.45, 7) is -1.00. The van der Waals surface area contributed by atoms with Crippen LogP contribution >= 0.6 is 0 Å². The van der Waals surface area contributed by atoms with Crippen molar-refractivity contribution in [3.8, 4) is 0 Å². The first-order valence-electron chi connectivity index (χ1n) is 1.73. The average Bonchev–Trinajstić information content (AvgIpc) is 1.65. The summed E-state index contributed by atoms with van der Waals surface area (Å²) < 4.78 is 11.1. The fourth-order valence-corrected chi connectivity index (χ4v) is 0.0660. The summed E-state index contributed by atoms with van der Waals surface area (Å²) in [7, 11) is 0. The molecule has 7 heavy (non-hydrogen) atoms. The van der Waals surface area contributed by atoms with Gasteiger partial charge in [-0.1, -0.05) is 0 Å². The molecule has 4 heteroatoms. The average molecular weight is 107 g/mol. The van der Waals surface area contributed by atoms with E-state index in [4.69, 9.17) is 5.11 Å². The van der Waals surface area contributed by atoms with Gasteiger partial charge in [-0.3, -0.25) is 4.79 Å². The first-order chi connectivity index (χ1) is 3.18. The molecule has 42 valence electrons. The van der Waals surface area contributed by atoms with Crippen LogP contribution in [-0.2, 0) is 4.79 Å². The number of nitrogens with two attached hydrogens (primary N) is 1. The third-order valence-electron chi connectivity index (χ3n) is 0.483. The number of hydrogen-bond acceptors (Lipinski definition) is 2. The highest BCUT2D eigenvalue weighted by atomic mass is 19.1. The van der Waals surface area contributed by atoms with Gasteiger partial charge in [0.05, 0.1) is 0 Å². The van der Waals surface area contributed by atoms with E-state index in [9.17, 15) is 9.18 Å². The molecule has 0 aliphatic carbocycles. The van der Waals surface area contributed by atoms with Gasteiger partial charge in [-0.25, -0.2) is 4.39 Å². The molecule has 0 saturated heterocycles. The zero-order chi connectivity index (χ0) is 5.86. The monoisotopic (exact) mass is 107 g/mol. The van der Waals surface area contributed by atoms with Gasteiger partial charge in [0, 0.05) is 0 Å². The Hall–Kier alpha value is -0.640. The van der Waals surface area contributed by atoms with Crippen molar-refractivity contribution in [2.45, 2.75) is 6.04 Å². The van der Waals surface area contributed by atoms with Crippen LogP contribution < -0.4 is 5.73 Å². The van der Waals surface area contributed by atoms with Crippen LogP contribution in [0.1, 0.15) is 0 Å². The van der Waals surface area contributed by atoms with Gasteiger partial charge < -0.3 is 10.8 Å². The van der Waals surface area contributed by atoms with Crippen molar-refractivity contribution in [2.24, 2.45) is 5.73 Å². The fraction of sp³-hybridized carbons (Fsp3) is 0.667. The van der Waals surface area contributed by atoms with Gasteiger partial charge in [0.1, 0.15) is 12.7 Å².